The second-order valence-electron chi connectivity index (χ2n) is 8.92. The Bertz CT molecular complexity index is 1590. The molecule has 1 aliphatic heterocycles. The highest BCUT2D eigenvalue weighted by molar-refractivity contribution is 6.22. The molecule has 190 valence electrons. The fourth-order valence-corrected chi connectivity index (χ4v) is 4.17. The average Bonchev–Trinajstić information content (AvgIpc) is 3.18. The summed E-state index contributed by atoms with van der Waals surface area (Å²) in [6.45, 7) is 3.92. The lowest BCUT2D eigenvalue weighted by Gasteiger charge is -2.18. The first kappa shape index (κ1) is 24.6. The molecule has 1 aliphatic rings. The van der Waals surface area contributed by atoms with Gasteiger partial charge in [0.05, 0.1) is 23.8 Å². The maximum Gasteiger partial charge on any atom is 0.259 e. The van der Waals surface area contributed by atoms with Crippen molar-refractivity contribution < 1.29 is 28.6 Å². The lowest BCUT2D eigenvalue weighted by Crippen LogP contribution is -2.19. The van der Waals surface area contributed by atoms with E-state index >= 15 is 0 Å². The van der Waals surface area contributed by atoms with E-state index in [1.807, 2.05) is 38.1 Å². The van der Waals surface area contributed by atoms with E-state index in [-0.39, 0.29) is 28.2 Å². The molecule has 4 aromatic carbocycles. The van der Waals surface area contributed by atoms with Gasteiger partial charge >= 0.3 is 0 Å². The Labute approximate surface area is 219 Å². The third-order valence-corrected chi connectivity index (χ3v) is 6.19. The number of hydrogen-bond acceptors (Lipinski definition) is 6. The van der Waals surface area contributed by atoms with E-state index in [9.17, 15) is 14.4 Å². The number of amides is 3. The van der Waals surface area contributed by atoms with Crippen molar-refractivity contribution in [3.05, 3.63) is 101 Å². The molecule has 0 spiro atoms. The third-order valence-electron chi connectivity index (χ3n) is 6.19. The first-order chi connectivity index (χ1) is 18.2. The first-order valence-electron chi connectivity index (χ1n) is 11.8. The minimum absolute atomic E-state index is 0.119. The highest BCUT2D eigenvalue weighted by Crippen LogP contribution is 2.45. The Morgan fingerprint density at radius 3 is 1.61 bits per heavy atom. The summed E-state index contributed by atoms with van der Waals surface area (Å²) in [5.74, 6) is 0.124. The molecule has 0 saturated heterocycles. The van der Waals surface area contributed by atoms with Gasteiger partial charge in [0.15, 0.2) is 0 Å². The van der Waals surface area contributed by atoms with Gasteiger partial charge in [-0.05, 0) is 62.4 Å². The van der Waals surface area contributed by atoms with Gasteiger partial charge in [-0.1, -0.05) is 35.4 Å². The molecule has 0 atom stereocenters. The Kier molecular flexibility index (Phi) is 6.30. The van der Waals surface area contributed by atoms with Crippen molar-refractivity contribution in [2.45, 2.75) is 13.8 Å². The van der Waals surface area contributed by atoms with E-state index in [0.717, 1.165) is 11.1 Å². The first-order valence-corrected chi connectivity index (χ1v) is 11.8. The van der Waals surface area contributed by atoms with Crippen LogP contribution in [0.25, 0.3) is 11.1 Å². The van der Waals surface area contributed by atoms with Gasteiger partial charge in [-0.15, -0.1) is 0 Å². The predicted octanol–water partition coefficient (Wildman–Crippen LogP) is 5.55. The molecule has 3 N–H and O–H groups in total. The van der Waals surface area contributed by atoms with Crippen molar-refractivity contribution in [3.8, 4) is 39.9 Å². The fourth-order valence-electron chi connectivity index (χ4n) is 4.17. The molecular weight excluding hydrogens is 484 g/mol. The number of nitrogens with two attached hydrogens (primary N) is 1. The number of ether oxygens (including phenoxy) is 3. The quantitative estimate of drug-likeness (QED) is 0.316. The third kappa shape index (κ3) is 4.67. The molecule has 3 amide bonds. The van der Waals surface area contributed by atoms with Crippen molar-refractivity contribution in [2.75, 3.05) is 7.11 Å². The maximum absolute atomic E-state index is 12.6. The SMILES string of the molecule is COc1cc(-c2cc3c(cc2Oc2ccc(C)cc2)C(=O)NC3=O)c(Oc2ccc(C)cc2)cc1C(N)=O. The van der Waals surface area contributed by atoms with Gasteiger partial charge in [-0.3, -0.25) is 19.7 Å². The molecule has 5 rings (SSSR count). The normalized spacial score (nSPS) is 12.1. The predicted molar refractivity (Wildman–Crippen MR) is 141 cm³/mol. The van der Waals surface area contributed by atoms with Gasteiger partial charge in [-0.25, -0.2) is 0 Å². The molecule has 0 aliphatic carbocycles. The smallest absolute Gasteiger partial charge is 0.259 e. The second-order valence-corrected chi connectivity index (χ2v) is 8.92. The summed E-state index contributed by atoms with van der Waals surface area (Å²) < 4.78 is 17.9. The summed E-state index contributed by atoms with van der Waals surface area (Å²) >= 11 is 0. The van der Waals surface area contributed by atoms with Gasteiger partial charge in [-0.2, -0.15) is 0 Å². The number of benzene rings is 4. The zero-order valence-electron chi connectivity index (χ0n) is 21.0. The number of methoxy groups -OCH3 is 1. The van der Waals surface area contributed by atoms with Crippen LogP contribution >= 0.6 is 0 Å². The minimum atomic E-state index is -0.697. The molecule has 0 fully saturated rings. The molecule has 0 radical (unpaired) electrons. The highest BCUT2D eigenvalue weighted by Gasteiger charge is 2.30. The molecule has 1 heterocycles. The number of nitrogens with one attached hydrogen (secondary N) is 1. The van der Waals surface area contributed by atoms with Crippen LogP contribution < -0.4 is 25.3 Å². The van der Waals surface area contributed by atoms with Crippen molar-refractivity contribution >= 4 is 17.7 Å². The zero-order chi connectivity index (χ0) is 27.0. The Balaban J connectivity index is 1.74. The molecule has 8 nitrogen and oxygen atoms in total. The van der Waals surface area contributed by atoms with E-state index in [0.29, 0.717) is 28.4 Å². The number of carbonyl (C=O) groups excluding carboxylic acids is 3. The van der Waals surface area contributed by atoms with Crippen LogP contribution in [0.2, 0.25) is 0 Å². The van der Waals surface area contributed by atoms with Crippen LogP contribution in [0.4, 0.5) is 0 Å². The van der Waals surface area contributed by atoms with E-state index in [1.165, 1.54) is 19.2 Å². The van der Waals surface area contributed by atoms with Crippen LogP contribution in [0.15, 0.2) is 72.8 Å². The summed E-state index contributed by atoms with van der Waals surface area (Å²) in [5, 5.41) is 2.32. The van der Waals surface area contributed by atoms with Crippen LogP contribution in [0.1, 0.15) is 42.2 Å². The number of imide groups is 1. The van der Waals surface area contributed by atoms with Crippen LogP contribution in [0.3, 0.4) is 0 Å². The standard InChI is InChI=1S/C30H24N2O6/c1-16-4-8-18(9-5-16)37-26-14-23-22(29(34)32-30(23)35)12-20(26)21-13-25(36-3)24(28(31)33)15-27(21)38-19-10-6-17(2)7-11-19/h4-15H,1-3H3,(H2,31,33)(H,32,34,35). The van der Waals surface area contributed by atoms with Crippen LogP contribution in [-0.4, -0.2) is 24.8 Å². The minimum Gasteiger partial charge on any atom is -0.496 e. The van der Waals surface area contributed by atoms with Gasteiger partial charge in [0.2, 0.25) is 0 Å². The molecule has 0 bridgehead atoms. The fraction of sp³-hybridized carbons (Fsp3) is 0.100. The molecule has 0 saturated carbocycles. The van der Waals surface area contributed by atoms with Crippen molar-refractivity contribution in [2.24, 2.45) is 5.73 Å². The van der Waals surface area contributed by atoms with Crippen LogP contribution in [-0.2, 0) is 0 Å². The van der Waals surface area contributed by atoms with Gasteiger partial charge in [0.1, 0.15) is 28.7 Å². The van der Waals surface area contributed by atoms with E-state index in [4.69, 9.17) is 19.9 Å². The number of primary amides is 1. The van der Waals surface area contributed by atoms with E-state index < -0.39 is 17.7 Å². The maximum atomic E-state index is 12.6. The number of aryl methyl sites for hydroxylation is 2. The van der Waals surface area contributed by atoms with Crippen molar-refractivity contribution in [1.82, 2.24) is 5.32 Å². The highest BCUT2D eigenvalue weighted by atomic mass is 16.5. The molecule has 8 heteroatoms. The summed E-state index contributed by atoms with van der Waals surface area (Å²) in [5.41, 5.74) is 9.15. The summed E-state index contributed by atoms with van der Waals surface area (Å²) in [7, 11) is 1.42. The molecule has 38 heavy (non-hydrogen) atoms. The molecule has 0 aromatic heterocycles. The van der Waals surface area contributed by atoms with Crippen molar-refractivity contribution in [3.63, 3.8) is 0 Å². The average molecular weight is 509 g/mol. The molecule has 0 unspecified atom stereocenters. The number of rotatable bonds is 7. The van der Waals surface area contributed by atoms with Gasteiger partial charge < -0.3 is 19.9 Å². The zero-order valence-corrected chi connectivity index (χ0v) is 21.0. The number of carbonyl (C=O) groups is 3. The topological polar surface area (TPSA) is 117 Å². The molecular formula is C30H24N2O6. The van der Waals surface area contributed by atoms with Gasteiger partial charge in [0.25, 0.3) is 17.7 Å². The van der Waals surface area contributed by atoms with E-state index in [2.05, 4.69) is 5.32 Å². The largest absolute Gasteiger partial charge is 0.496 e. The summed E-state index contributed by atoms with van der Waals surface area (Å²) in [6, 6.07) is 21.0. The van der Waals surface area contributed by atoms with E-state index in [1.54, 1.807) is 36.4 Å². The Morgan fingerprint density at radius 1 is 0.658 bits per heavy atom. The second kappa shape index (κ2) is 9.74. The number of hydrogen-bond donors (Lipinski definition) is 2. The summed E-state index contributed by atoms with van der Waals surface area (Å²) in [6.07, 6.45) is 0. The van der Waals surface area contributed by atoms with Crippen LogP contribution in [0.5, 0.6) is 28.7 Å². The Morgan fingerprint density at radius 2 is 1.11 bits per heavy atom. The lowest BCUT2D eigenvalue weighted by molar-refractivity contribution is 0.0878. The van der Waals surface area contributed by atoms with Crippen LogP contribution in [0, 0.1) is 13.8 Å². The van der Waals surface area contributed by atoms with Crippen molar-refractivity contribution in [1.29, 1.82) is 0 Å². The monoisotopic (exact) mass is 508 g/mol. The Hall–Kier alpha value is -5.11. The molecule has 4 aromatic rings. The summed E-state index contributed by atoms with van der Waals surface area (Å²) in [4.78, 5) is 37.2. The lowest BCUT2D eigenvalue weighted by atomic mass is 9.96. The van der Waals surface area contributed by atoms with Gasteiger partial charge in [0, 0.05) is 11.1 Å². The number of fused-ring (bicyclic) bond motifs is 1.